The molecule has 0 fully saturated rings. The Balaban J connectivity index is 0. The second-order valence-electron chi connectivity index (χ2n) is 3.12. The zero-order valence-electron chi connectivity index (χ0n) is 9.87. The van der Waals surface area contributed by atoms with Crippen molar-refractivity contribution in [2.75, 3.05) is 19.8 Å². The van der Waals surface area contributed by atoms with E-state index >= 15 is 0 Å². The molecule has 0 spiro atoms. The van der Waals surface area contributed by atoms with Crippen LogP contribution in [0.5, 0.6) is 0 Å². The predicted molar refractivity (Wildman–Crippen MR) is 60.0 cm³/mol. The van der Waals surface area contributed by atoms with E-state index in [0.29, 0.717) is 19.8 Å². The number of unbranched alkanes of at least 4 members (excludes halogenated alkanes) is 2. The van der Waals surface area contributed by atoms with Crippen LogP contribution in [0.1, 0.15) is 46.0 Å². The first kappa shape index (κ1) is 16.8. The third-order valence-corrected chi connectivity index (χ3v) is 1.65. The summed E-state index contributed by atoms with van der Waals surface area (Å²) in [4.78, 5) is 9.99. The average Bonchev–Trinajstić information content (AvgIpc) is 2.19. The summed E-state index contributed by atoms with van der Waals surface area (Å²) in [5.74, 6) is -0.725. The first-order chi connectivity index (χ1) is 7.18. The van der Waals surface area contributed by atoms with Crippen LogP contribution in [0, 0.1) is 0 Å². The molecule has 4 heteroatoms. The molecule has 0 heterocycles. The molecule has 0 aromatic carbocycles. The predicted octanol–water partition coefficient (Wildman–Crippen LogP) is 2.06. The molecule has 0 aromatic rings. The first-order valence-corrected chi connectivity index (χ1v) is 5.59. The van der Waals surface area contributed by atoms with Crippen molar-refractivity contribution in [3.63, 3.8) is 0 Å². The van der Waals surface area contributed by atoms with E-state index in [4.69, 9.17) is 14.9 Å². The Labute approximate surface area is 92.3 Å². The highest BCUT2D eigenvalue weighted by Gasteiger charge is 1.94. The maximum atomic E-state index is 9.99. The molecule has 0 bridgehead atoms. The van der Waals surface area contributed by atoms with E-state index in [9.17, 15) is 4.79 Å². The number of aliphatic hydroxyl groups is 1. The van der Waals surface area contributed by atoms with Gasteiger partial charge in [0.15, 0.2) is 0 Å². The lowest BCUT2D eigenvalue weighted by atomic mass is 10.2. The summed E-state index contributed by atoms with van der Waals surface area (Å²) < 4.78 is 5.02. The number of hydrogen-bond acceptors (Lipinski definition) is 3. The fourth-order valence-corrected chi connectivity index (χ4v) is 0.783. The van der Waals surface area contributed by atoms with Crippen molar-refractivity contribution in [3.8, 4) is 0 Å². The van der Waals surface area contributed by atoms with Crippen molar-refractivity contribution >= 4 is 5.97 Å². The van der Waals surface area contributed by atoms with E-state index in [1.807, 2.05) is 6.92 Å². The molecule has 0 aliphatic carbocycles. The Kier molecular flexibility index (Phi) is 17.8. The van der Waals surface area contributed by atoms with Crippen LogP contribution in [0.4, 0.5) is 0 Å². The molecule has 0 amide bonds. The van der Waals surface area contributed by atoms with Gasteiger partial charge >= 0.3 is 5.97 Å². The minimum absolute atomic E-state index is 0.257. The lowest BCUT2D eigenvalue weighted by Gasteiger charge is -1.97. The number of aliphatic hydroxyl groups excluding tert-OH is 1. The molecular weight excluding hydrogens is 196 g/mol. The molecule has 92 valence electrons. The van der Waals surface area contributed by atoms with Gasteiger partial charge in [-0.1, -0.05) is 13.3 Å². The normalized spacial score (nSPS) is 9.27. The van der Waals surface area contributed by atoms with E-state index in [1.54, 1.807) is 0 Å². The van der Waals surface area contributed by atoms with Gasteiger partial charge < -0.3 is 14.9 Å². The van der Waals surface area contributed by atoms with Gasteiger partial charge in [-0.05, 0) is 26.2 Å². The lowest BCUT2D eigenvalue weighted by Crippen LogP contribution is -1.97. The van der Waals surface area contributed by atoms with Gasteiger partial charge in [0.05, 0.1) is 0 Å². The van der Waals surface area contributed by atoms with Crippen molar-refractivity contribution in [1.29, 1.82) is 0 Å². The number of carboxylic acid groups (broad SMARTS) is 1. The van der Waals surface area contributed by atoms with Crippen molar-refractivity contribution in [2.45, 2.75) is 46.0 Å². The molecule has 0 radical (unpaired) electrons. The van der Waals surface area contributed by atoms with E-state index in [2.05, 4.69) is 6.92 Å². The summed E-state index contributed by atoms with van der Waals surface area (Å²) in [6.07, 6.45) is 3.86. The third kappa shape index (κ3) is 24.7. The molecule has 0 rings (SSSR count). The molecule has 0 saturated carbocycles. The monoisotopic (exact) mass is 220 g/mol. The van der Waals surface area contributed by atoms with Crippen LogP contribution in [0.25, 0.3) is 0 Å². The molecule has 0 aliphatic rings. The van der Waals surface area contributed by atoms with Crippen LogP contribution in [0.15, 0.2) is 0 Å². The van der Waals surface area contributed by atoms with Crippen molar-refractivity contribution in [3.05, 3.63) is 0 Å². The number of hydrogen-bond donors (Lipinski definition) is 2. The van der Waals surface area contributed by atoms with Crippen molar-refractivity contribution in [1.82, 2.24) is 0 Å². The zero-order valence-corrected chi connectivity index (χ0v) is 9.87. The maximum absolute atomic E-state index is 9.99. The summed E-state index contributed by atoms with van der Waals surface area (Å²) >= 11 is 0. The molecule has 0 aromatic heterocycles. The SMILES string of the molecule is CCCCO.CCOCCCCC(=O)O. The van der Waals surface area contributed by atoms with Gasteiger partial charge in [-0.25, -0.2) is 0 Å². The van der Waals surface area contributed by atoms with Crippen LogP contribution in [0.3, 0.4) is 0 Å². The number of aliphatic carboxylic acids is 1. The number of rotatable bonds is 8. The van der Waals surface area contributed by atoms with Gasteiger partial charge in [0.25, 0.3) is 0 Å². The van der Waals surface area contributed by atoms with Crippen molar-refractivity contribution in [2.24, 2.45) is 0 Å². The van der Waals surface area contributed by atoms with Crippen LogP contribution < -0.4 is 0 Å². The van der Waals surface area contributed by atoms with Crippen LogP contribution in [-0.2, 0) is 9.53 Å². The zero-order chi connectivity index (χ0) is 11.9. The summed E-state index contributed by atoms with van der Waals surface area (Å²) in [5, 5.41) is 16.3. The summed E-state index contributed by atoms with van der Waals surface area (Å²) in [6, 6.07) is 0. The summed E-state index contributed by atoms with van der Waals surface area (Å²) in [7, 11) is 0. The largest absolute Gasteiger partial charge is 0.481 e. The standard InChI is InChI=1S/C7H14O3.C4H10O/c1-2-10-6-4-3-5-7(8)9;1-2-3-4-5/h2-6H2,1H3,(H,8,9);5H,2-4H2,1H3. The van der Waals surface area contributed by atoms with Crippen molar-refractivity contribution < 1.29 is 19.7 Å². The van der Waals surface area contributed by atoms with Gasteiger partial charge in [-0.3, -0.25) is 4.79 Å². The molecule has 2 N–H and O–H groups in total. The molecule has 0 atom stereocenters. The van der Waals surface area contributed by atoms with E-state index in [1.165, 1.54) is 0 Å². The molecule has 0 unspecified atom stereocenters. The van der Waals surface area contributed by atoms with Gasteiger partial charge in [0, 0.05) is 26.2 Å². The Morgan fingerprint density at radius 3 is 2.20 bits per heavy atom. The number of carbonyl (C=O) groups is 1. The minimum Gasteiger partial charge on any atom is -0.481 e. The van der Waals surface area contributed by atoms with E-state index < -0.39 is 5.97 Å². The fourth-order valence-electron chi connectivity index (χ4n) is 0.783. The maximum Gasteiger partial charge on any atom is 0.303 e. The highest BCUT2D eigenvalue weighted by molar-refractivity contribution is 5.66. The molecule has 15 heavy (non-hydrogen) atoms. The van der Waals surface area contributed by atoms with Gasteiger partial charge in [0.2, 0.25) is 0 Å². The second kappa shape index (κ2) is 15.8. The summed E-state index contributed by atoms with van der Waals surface area (Å²) in [5.41, 5.74) is 0. The number of carboxylic acids is 1. The van der Waals surface area contributed by atoms with E-state index in [0.717, 1.165) is 25.7 Å². The van der Waals surface area contributed by atoms with Gasteiger partial charge in [-0.15, -0.1) is 0 Å². The van der Waals surface area contributed by atoms with Crippen LogP contribution in [-0.4, -0.2) is 36.0 Å². The summed E-state index contributed by atoms with van der Waals surface area (Å²) in [6.45, 7) is 5.72. The quantitative estimate of drug-likeness (QED) is 0.614. The van der Waals surface area contributed by atoms with Gasteiger partial charge in [-0.2, -0.15) is 0 Å². The molecule has 0 aliphatic heterocycles. The molecule has 0 saturated heterocycles. The average molecular weight is 220 g/mol. The van der Waals surface area contributed by atoms with Crippen LogP contribution in [0.2, 0.25) is 0 Å². The minimum atomic E-state index is -0.725. The molecule has 4 nitrogen and oxygen atoms in total. The third-order valence-electron chi connectivity index (χ3n) is 1.65. The first-order valence-electron chi connectivity index (χ1n) is 5.59. The smallest absolute Gasteiger partial charge is 0.303 e. The Morgan fingerprint density at radius 2 is 1.87 bits per heavy atom. The Bertz CT molecular complexity index is 124. The van der Waals surface area contributed by atoms with Gasteiger partial charge in [0.1, 0.15) is 0 Å². The fraction of sp³-hybridized carbons (Fsp3) is 0.909. The highest BCUT2D eigenvalue weighted by Crippen LogP contribution is 1.94. The second-order valence-corrected chi connectivity index (χ2v) is 3.12. The number of ether oxygens (including phenoxy) is 1. The lowest BCUT2D eigenvalue weighted by molar-refractivity contribution is -0.137. The Morgan fingerprint density at radius 1 is 1.20 bits per heavy atom. The highest BCUT2D eigenvalue weighted by atomic mass is 16.5. The topological polar surface area (TPSA) is 66.8 Å². The molecular formula is C11H24O4. The Hall–Kier alpha value is -0.610. The van der Waals surface area contributed by atoms with Crippen LogP contribution >= 0.6 is 0 Å². The van der Waals surface area contributed by atoms with E-state index in [-0.39, 0.29) is 6.42 Å².